The van der Waals surface area contributed by atoms with Gasteiger partial charge in [-0.1, -0.05) is 25.8 Å². The molecule has 0 aromatic heterocycles. The molecule has 0 bridgehead atoms. The summed E-state index contributed by atoms with van der Waals surface area (Å²) in [5.74, 6) is 3.63. The molecule has 1 fully saturated rings. The van der Waals surface area contributed by atoms with E-state index in [1.807, 2.05) is 32.0 Å². The molecular weight excluding hydrogens is 314 g/mol. The summed E-state index contributed by atoms with van der Waals surface area (Å²) < 4.78 is 5.29. The Hall–Kier alpha value is -2.19. The molecule has 136 valence electrons. The Morgan fingerprint density at radius 3 is 2.52 bits per heavy atom. The third-order valence-electron chi connectivity index (χ3n) is 5.02. The molecule has 5 heteroatoms. The summed E-state index contributed by atoms with van der Waals surface area (Å²) >= 11 is 0. The number of carbonyl (C=O) groups is 1. The second kappa shape index (κ2) is 8.77. The van der Waals surface area contributed by atoms with Gasteiger partial charge in [0.1, 0.15) is 11.3 Å². The molecule has 0 spiro atoms. The van der Waals surface area contributed by atoms with E-state index in [0.29, 0.717) is 6.54 Å². The highest BCUT2D eigenvalue weighted by atomic mass is 16.5. The highest BCUT2D eigenvalue weighted by molar-refractivity contribution is 5.79. The normalized spacial score (nSPS) is 15.5. The van der Waals surface area contributed by atoms with E-state index in [4.69, 9.17) is 11.2 Å². The van der Waals surface area contributed by atoms with Crippen LogP contribution >= 0.6 is 0 Å². The minimum atomic E-state index is -0.514. The van der Waals surface area contributed by atoms with Crippen LogP contribution in [0.3, 0.4) is 0 Å². The Labute approximate surface area is 151 Å². The number of carbonyl (C=O) groups excluding carboxylic acids is 1. The van der Waals surface area contributed by atoms with E-state index >= 15 is 0 Å². The van der Waals surface area contributed by atoms with Gasteiger partial charge in [-0.2, -0.15) is 0 Å². The predicted octanol–water partition coefficient (Wildman–Crippen LogP) is 2.13. The Balaban J connectivity index is 1.86. The Morgan fingerprint density at radius 2 is 1.96 bits per heavy atom. The zero-order valence-electron chi connectivity index (χ0n) is 15.5. The van der Waals surface area contributed by atoms with Gasteiger partial charge in [0.05, 0.1) is 13.7 Å². The van der Waals surface area contributed by atoms with Gasteiger partial charge in [0.15, 0.2) is 0 Å². The number of ether oxygens (including phenoxy) is 1. The predicted molar refractivity (Wildman–Crippen MR) is 102 cm³/mol. The number of anilines is 1. The Bertz CT molecular complexity index is 612. The molecule has 0 aliphatic carbocycles. The van der Waals surface area contributed by atoms with Crippen LogP contribution in [0.4, 0.5) is 5.69 Å². The maximum Gasteiger partial charge on any atom is 0.235 e. The molecule has 1 aliphatic heterocycles. The average Bonchev–Trinajstić information content (AvgIpc) is 2.67. The van der Waals surface area contributed by atoms with Gasteiger partial charge in [0.25, 0.3) is 0 Å². The van der Waals surface area contributed by atoms with Crippen LogP contribution in [0.5, 0.6) is 5.75 Å². The van der Waals surface area contributed by atoms with E-state index in [9.17, 15) is 4.79 Å². The van der Waals surface area contributed by atoms with E-state index in [1.54, 1.807) is 7.11 Å². The minimum absolute atomic E-state index is 0.0106. The molecule has 5 nitrogen and oxygen atoms in total. The molecule has 1 amide bonds. The van der Waals surface area contributed by atoms with Gasteiger partial charge in [-0.05, 0) is 25.0 Å². The molecular formula is C20H29N3O2. The first-order valence-corrected chi connectivity index (χ1v) is 8.96. The van der Waals surface area contributed by atoms with Crippen LogP contribution in [0.2, 0.25) is 0 Å². The smallest absolute Gasteiger partial charge is 0.235 e. The van der Waals surface area contributed by atoms with Crippen molar-refractivity contribution in [1.29, 1.82) is 0 Å². The number of amides is 1. The fourth-order valence-corrected chi connectivity index (χ4v) is 3.15. The van der Waals surface area contributed by atoms with Crippen LogP contribution in [0, 0.1) is 12.3 Å². The zero-order chi connectivity index (χ0) is 18.3. The zero-order valence-corrected chi connectivity index (χ0v) is 15.5. The van der Waals surface area contributed by atoms with Crippen LogP contribution < -0.4 is 15.0 Å². The Morgan fingerprint density at radius 1 is 1.28 bits per heavy atom. The molecule has 0 unspecified atom stereocenters. The highest BCUT2D eigenvalue weighted by Crippen LogP contribution is 2.22. The molecule has 25 heavy (non-hydrogen) atoms. The van der Waals surface area contributed by atoms with Gasteiger partial charge >= 0.3 is 0 Å². The third-order valence-corrected chi connectivity index (χ3v) is 5.02. The summed E-state index contributed by atoms with van der Waals surface area (Å²) in [6.07, 6.45) is 7.11. The van der Waals surface area contributed by atoms with Crippen molar-refractivity contribution in [3.63, 3.8) is 0 Å². The van der Waals surface area contributed by atoms with E-state index in [0.717, 1.165) is 50.5 Å². The largest absolute Gasteiger partial charge is 0.497 e. The minimum Gasteiger partial charge on any atom is -0.497 e. The quantitative estimate of drug-likeness (QED) is 0.771. The summed E-state index contributed by atoms with van der Waals surface area (Å²) in [6.45, 7) is 7.91. The van der Waals surface area contributed by atoms with Crippen molar-refractivity contribution in [2.45, 2.75) is 32.2 Å². The number of benzene rings is 1. The maximum atomic E-state index is 12.4. The van der Waals surface area contributed by atoms with Gasteiger partial charge in [0, 0.05) is 37.9 Å². The summed E-state index contributed by atoms with van der Waals surface area (Å²) in [5, 5.41) is 3.04. The van der Waals surface area contributed by atoms with E-state index in [2.05, 4.69) is 27.1 Å². The topological polar surface area (TPSA) is 44.8 Å². The monoisotopic (exact) mass is 343 g/mol. The lowest BCUT2D eigenvalue weighted by atomic mass is 9.94. The molecule has 1 aromatic rings. The molecule has 2 rings (SSSR count). The first kappa shape index (κ1) is 19.1. The van der Waals surface area contributed by atoms with E-state index < -0.39 is 5.54 Å². The molecule has 1 N–H and O–H groups in total. The van der Waals surface area contributed by atoms with Crippen molar-refractivity contribution in [2.24, 2.45) is 0 Å². The van der Waals surface area contributed by atoms with Crippen LogP contribution in [-0.4, -0.2) is 56.2 Å². The second-order valence-electron chi connectivity index (χ2n) is 6.45. The molecule has 1 aromatic carbocycles. The standard InChI is InChI=1S/C20H29N3O2/c1-5-20(6-2,7-3)21-19(24)16-22-11-13-23(14-12-22)17-9-8-10-18(15-17)25-4/h1,8-10,15H,6-7,11-14,16H2,2-4H3,(H,21,24). The number of methoxy groups -OCH3 is 1. The van der Waals surface area contributed by atoms with Crippen molar-refractivity contribution in [1.82, 2.24) is 10.2 Å². The van der Waals surface area contributed by atoms with Gasteiger partial charge in [-0.15, -0.1) is 6.42 Å². The van der Waals surface area contributed by atoms with Crippen molar-refractivity contribution >= 4 is 11.6 Å². The van der Waals surface area contributed by atoms with Gasteiger partial charge in [-0.3, -0.25) is 9.69 Å². The van der Waals surface area contributed by atoms with Crippen LogP contribution in [0.1, 0.15) is 26.7 Å². The summed E-state index contributed by atoms with van der Waals surface area (Å²) in [7, 11) is 1.68. The van der Waals surface area contributed by atoms with Crippen molar-refractivity contribution in [3.8, 4) is 18.1 Å². The summed E-state index contributed by atoms with van der Waals surface area (Å²) in [4.78, 5) is 16.9. The average molecular weight is 343 g/mol. The first-order chi connectivity index (χ1) is 12.1. The number of terminal acetylenes is 1. The maximum absolute atomic E-state index is 12.4. The number of hydrogen-bond acceptors (Lipinski definition) is 4. The summed E-state index contributed by atoms with van der Waals surface area (Å²) in [6, 6.07) is 8.09. The lowest BCUT2D eigenvalue weighted by molar-refractivity contribution is -0.123. The van der Waals surface area contributed by atoms with Crippen molar-refractivity contribution in [2.75, 3.05) is 44.7 Å². The number of hydrogen-bond donors (Lipinski definition) is 1. The first-order valence-electron chi connectivity index (χ1n) is 8.96. The molecule has 0 saturated carbocycles. The van der Waals surface area contributed by atoms with Crippen molar-refractivity contribution in [3.05, 3.63) is 24.3 Å². The summed E-state index contributed by atoms with van der Waals surface area (Å²) in [5.41, 5.74) is 0.645. The lowest BCUT2D eigenvalue weighted by Gasteiger charge is -2.36. The fraction of sp³-hybridized carbons (Fsp3) is 0.550. The number of piperazine rings is 1. The van der Waals surface area contributed by atoms with Gasteiger partial charge < -0.3 is 15.0 Å². The molecule has 1 aliphatic rings. The number of rotatable bonds is 7. The van der Waals surface area contributed by atoms with Crippen LogP contribution in [-0.2, 0) is 4.79 Å². The van der Waals surface area contributed by atoms with Gasteiger partial charge in [-0.25, -0.2) is 0 Å². The Kier molecular flexibility index (Phi) is 6.72. The third kappa shape index (κ3) is 4.90. The number of nitrogens with zero attached hydrogens (tertiary/aromatic N) is 2. The lowest BCUT2D eigenvalue weighted by Crippen LogP contribution is -2.53. The molecule has 1 heterocycles. The second-order valence-corrected chi connectivity index (χ2v) is 6.45. The highest BCUT2D eigenvalue weighted by Gasteiger charge is 2.27. The SMILES string of the molecule is C#CC(CC)(CC)NC(=O)CN1CCN(c2cccc(OC)c2)CC1. The molecule has 0 radical (unpaired) electrons. The van der Waals surface area contributed by atoms with E-state index in [1.165, 1.54) is 0 Å². The van der Waals surface area contributed by atoms with Crippen LogP contribution in [0.15, 0.2) is 24.3 Å². The molecule has 1 saturated heterocycles. The van der Waals surface area contributed by atoms with Gasteiger partial charge in [0.2, 0.25) is 5.91 Å². The molecule has 0 atom stereocenters. The van der Waals surface area contributed by atoms with E-state index in [-0.39, 0.29) is 5.91 Å². The fourth-order valence-electron chi connectivity index (χ4n) is 3.15. The van der Waals surface area contributed by atoms with Crippen LogP contribution in [0.25, 0.3) is 0 Å². The number of nitrogens with one attached hydrogen (secondary N) is 1. The van der Waals surface area contributed by atoms with Crippen molar-refractivity contribution < 1.29 is 9.53 Å².